The molecule has 1 saturated heterocycles. The Morgan fingerprint density at radius 1 is 1.43 bits per heavy atom. The summed E-state index contributed by atoms with van der Waals surface area (Å²) >= 11 is 0. The molecule has 0 spiro atoms. The quantitative estimate of drug-likeness (QED) is 0.651. The molecule has 1 unspecified atom stereocenters. The van der Waals surface area contributed by atoms with Crippen molar-refractivity contribution in [1.82, 2.24) is 10.4 Å². The first-order valence-corrected chi connectivity index (χ1v) is 5.65. The molecule has 0 aromatic heterocycles. The van der Waals surface area contributed by atoms with E-state index in [1.807, 2.05) is 0 Å². The van der Waals surface area contributed by atoms with Gasteiger partial charge in [-0.3, -0.25) is 5.43 Å². The van der Waals surface area contributed by atoms with E-state index in [1.54, 1.807) is 0 Å². The van der Waals surface area contributed by atoms with Gasteiger partial charge in [0.1, 0.15) is 0 Å². The van der Waals surface area contributed by atoms with E-state index in [-0.39, 0.29) is 0 Å². The van der Waals surface area contributed by atoms with Crippen molar-refractivity contribution in [1.29, 1.82) is 0 Å². The van der Waals surface area contributed by atoms with E-state index in [4.69, 9.17) is 10.5 Å². The third-order valence-corrected chi connectivity index (χ3v) is 2.57. The molecule has 84 valence electrons. The van der Waals surface area contributed by atoms with E-state index in [9.17, 15) is 0 Å². The molecular formula is C10H23N3O. The summed E-state index contributed by atoms with van der Waals surface area (Å²) in [6.07, 6.45) is 3.66. The number of hydrazine groups is 1. The molecule has 0 aliphatic carbocycles. The van der Waals surface area contributed by atoms with Gasteiger partial charge >= 0.3 is 0 Å². The molecule has 1 rings (SSSR count). The van der Waals surface area contributed by atoms with Crippen LogP contribution < -0.4 is 11.2 Å². The van der Waals surface area contributed by atoms with Gasteiger partial charge in [-0.1, -0.05) is 19.8 Å². The van der Waals surface area contributed by atoms with Crippen LogP contribution in [0.15, 0.2) is 0 Å². The van der Waals surface area contributed by atoms with Crippen molar-refractivity contribution in [2.24, 2.45) is 5.73 Å². The number of nitrogens with zero attached hydrogens (tertiary/aromatic N) is 1. The van der Waals surface area contributed by atoms with Gasteiger partial charge in [-0.15, -0.1) is 0 Å². The normalized spacial score (nSPS) is 21.0. The average molecular weight is 201 g/mol. The van der Waals surface area contributed by atoms with Crippen LogP contribution in [0.1, 0.15) is 26.2 Å². The van der Waals surface area contributed by atoms with Crippen LogP contribution in [0, 0.1) is 0 Å². The number of ether oxygens (including phenoxy) is 1. The highest BCUT2D eigenvalue weighted by Gasteiger charge is 2.13. The molecule has 14 heavy (non-hydrogen) atoms. The Bertz CT molecular complexity index is 137. The van der Waals surface area contributed by atoms with Crippen LogP contribution in [0.3, 0.4) is 0 Å². The molecular weight excluding hydrogens is 178 g/mol. The summed E-state index contributed by atoms with van der Waals surface area (Å²) in [5, 5.41) is 2.23. The molecule has 1 atom stereocenters. The highest BCUT2D eigenvalue weighted by Crippen LogP contribution is 2.01. The highest BCUT2D eigenvalue weighted by molar-refractivity contribution is 4.68. The number of nitrogens with one attached hydrogen (secondary N) is 1. The topological polar surface area (TPSA) is 50.5 Å². The zero-order valence-electron chi connectivity index (χ0n) is 9.17. The first-order chi connectivity index (χ1) is 6.86. The summed E-state index contributed by atoms with van der Waals surface area (Å²) in [6.45, 7) is 6.54. The van der Waals surface area contributed by atoms with Gasteiger partial charge in [0.2, 0.25) is 0 Å². The lowest BCUT2D eigenvalue weighted by Gasteiger charge is -2.31. The number of unbranched alkanes of at least 4 members (excludes halogenated alkanes) is 1. The van der Waals surface area contributed by atoms with E-state index in [2.05, 4.69) is 17.4 Å². The minimum atomic E-state index is 0.438. The number of hydrogen-bond acceptors (Lipinski definition) is 4. The van der Waals surface area contributed by atoms with E-state index < -0.39 is 0 Å². The van der Waals surface area contributed by atoms with Crippen LogP contribution in [0.25, 0.3) is 0 Å². The van der Waals surface area contributed by atoms with Gasteiger partial charge in [0.05, 0.1) is 13.2 Å². The molecule has 4 nitrogen and oxygen atoms in total. The third kappa shape index (κ3) is 4.37. The van der Waals surface area contributed by atoms with Gasteiger partial charge < -0.3 is 10.5 Å². The largest absolute Gasteiger partial charge is 0.379 e. The molecule has 4 heteroatoms. The summed E-state index contributed by atoms with van der Waals surface area (Å²) in [5.41, 5.74) is 9.18. The molecule has 0 bridgehead atoms. The average Bonchev–Trinajstić information content (AvgIpc) is 2.25. The Balaban J connectivity index is 2.16. The lowest BCUT2D eigenvalue weighted by Crippen LogP contribution is -2.52. The first-order valence-electron chi connectivity index (χ1n) is 5.65. The summed E-state index contributed by atoms with van der Waals surface area (Å²) in [7, 11) is 0. The minimum absolute atomic E-state index is 0.438. The second-order valence-corrected chi connectivity index (χ2v) is 3.80. The molecule has 3 N–H and O–H groups in total. The van der Waals surface area contributed by atoms with Crippen molar-refractivity contribution >= 4 is 0 Å². The standard InChI is InChI=1S/C10H23N3O/c1-2-3-4-10(9-11)12-13-5-7-14-8-6-13/h10,12H,2-9,11H2,1H3. The smallest absolute Gasteiger partial charge is 0.0608 e. The second kappa shape index (κ2) is 7.17. The molecule has 1 heterocycles. The molecule has 1 aliphatic heterocycles. The lowest BCUT2D eigenvalue weighted by molar-refractivity contribution is 0.00346. The number of hydrogen-bond donors (Lipinski definition) is 2. The Kier molecular flexibility index (Phi) is 6.10. The fourth-order valence-corrected chi connectivity index (χ4v) is 1.64. The summed E-state index contributed by atoms with van der Waals surface area (Å²) < 4.78 is 5.28. The van der Waals surface area contributed by atoms with Gasteiger partial charge in [-0.05, 0) is 6.42 Å². The van der Waals surface area contributed by atoms with Gasteiger partial charge in [-0.25, -0.2) is 5.01 Å². The fraction of sp³-hybridized carbons (Fsp3) is 1.00. The number of morpholine rings is 1. The minimum Gasteiger partial charge on any atom is -0.379 e. The van der Waals surface area contributed by atoms with E-state index in [0.717, 1.165) is 32.8 Å². The Labute approximate surface area is 86.8 Å². The van der Waals surface area contributed by atoms with Crippen molar-refractivity contribution in [3.05, 3.63) is 0 Å². The number of rotatable bonds is 6. The monoisotopic (exact) mass is 201 g/mol. The van der Waals surface area contributed by atoms with E-state index in [0.29, 0.717) is 6.04 Å². The van der Waals surface area contributed by atoms with Crippen LogP contribution in [-0.4, -0.2) is 43.9 Å². The molecule has 0 amide bonds. The SMILES string of the molecule is CCCCC(CN)NN1CCOCC1. The van der Waals surface area contributed by atoms with Crippen LogP contribution >= 0.6 is 0 Å². The zero-order chi connectivity index (χ0) is 10.2. The highest BCUT2D eigenvalue weighted by atomic mass is 16.5. The van der Waals surface area contributed by atoms with Crippen molar-refractivity contribution in [2.75, 3.05) is 32.8 Å². The second-order valence-electron chi connectivity index (χ2n) is 3.80. The molecule has 0 saturated carbocycles. The van der Waals surface area contributed by atoms with Crippen molar-refractivity contribution in [2.45, 2.75) is 32.2 Å². The van der Waals surface area contributed by atoms with E-state index >= 15 is 0 Å². The zero-order valence-corrected chi connectivity index (χ0v) is 9.17. The molecule has 0 aromatic carbocycles. The number of nitrogens with two attached hydrogens (primary N) is 1. The molecule has 1 fully saturated rings. The summed E-state index contributed by atoms with van der Waals surface area (Å²) in [4.78, 5) is 0. The first kappa shape index (κ1) is 11.9. The van der Waals surface area contributed by atoms with Crippen LogP contribution in [0.2, 0.25) is 0 Å². The van der Waals surface area contributed by atoms with Crippen LogP contribution in [-0.2, 0) is 4.74 Å². The maximum absolute atomic E-state index is 5.71. The Hall–Kier alpha value is -0.160. The van der Waals surface area contributed by atoms with Gasteiger partial charge in [0, 0.05) is 25.7 Å². The van der Waals surface area contributed by atoms with E-state index in [1.165, 1.54) is 19.3 Å². The molecule has 0 aromatic rings. The van der Waals surface area contributed by atoms with Gasteiger partial charge in [-0.2, -0.15) is 0 Å². The van der Waals surface area contributed by atoms with Crippen LogP contribution in [0.4, 0.5) is 0 Å². The Morgan fingerprint density at radius 2 is 2.14 bits per heavy atom. The lowest BCUT2D eigenvalue weighted by atomic mass is 10.1. The summed E-state index contributed by atoms with van der Waals surface area (Å²) in [5.74, 6) is 0. The van der Waals surface area contributed by atoms with Gasteiger partial charge in [0.15, 0.2) is 0 Å². The van der Waals surface area contributed by atoms with Crippen molar-refractivity contribution in [3.8, 4) is 0 Å². The predicted molar refractivity (Wildman–Crippen MR) is 57.9 cm³/mol. The predicted octanol–water partition coefficient (Wildman–Crippen LogP) is 0.341. The van der Waals surface area contributed by atoms with Gasteiger partial charge in [0.25, 0.3) is 0 Å². The summed E-state index contributed by atoms with van der Waals surface area (Å²) in [6, 6.07) is 0.438. The fourth-order valence-electron chi connectivity index (χ4n) is 1.64. The van der Waals surface area contributed by atoms with Crippen molar-refractivity contribution < 1.29 is 4.74 Å². The Morgan fingerprint density at radius 3 is 2.71 bits per heavy atom. The maximum atomic E-state index is 5.71. The molecule has 0 radical (unpaired) electrons. The van der Waals surface area contributed by atoms with Crippen molar-refractivity contribution in [3.63, 3.8) is 0 Å². The maximum Gasteiger partial charge on any atom is 0.0608 e. The third-order valence-electron chi connectivity index (χ3n) is 2.57. The van der Waals surface area contributed by atoms with Crippen LogP contribution in [0.5, 0.6) is 0 Å². The molecule has 1 aliphatic rings.